The highest BCUT2D eigenvalue weighted by atomic mass is 79.9. The Kier molecular flexibility index (Phi) is 5.96. The van der Waals surface area contributed by atoms with Gasteiger partial charge in [0.05, 0.1) is 17.0 Å². The van der Waals surface area contributed by atoms with Gasteiger partial charge in [0.25, 0.3) is 0 Å². The van der Waals surface area contributed by atoms with Crippen molar-refractivity contribution in [2.45, 2.75) is 36.5 Å². The Bertz CT molecular complexity index is 867. The number of thioether (sulfide) groups is 1. The maximum atomic E-state index is 13.9. The molecule has 2 fully saturated rings. The van der Waals surface area contributed by atoms with Crippen LogP contribution in [0, 0.1) is 0 Å². The number of rotatable bonds is 4. The van der Waals surface area contributed by atoms with E-state index < -0.39 is 5.41 Å². The second-order valence-electron chi connectivity index (χ2n) is 7.41. The zero-order valence-electron chi connectivity index (χ0n) is 15.8. The van der Waals surface area contributed by atoms with Gasteiger partial charge in [-0.3, -0.25) is 4.79 Å². The monoisotopic (exact) mass is 479 g/mol. The average Bonchev–Trinajstić information content (AvgIpc) is 3.38. The van der Waals surface area contributed by atoms with Gasteiger partial charge in [-0.2, -0.15) is 0 Å². The van der Waals surface area contributed by atoms with E-state index in [0.717, 1.165) is 59.3 Å². The average molecular weight is 481 g/mol. The first-order chi connectivity index (χ1) is 13.5. The number of methoxy groups -OCH3 is 1. The molecule has 1 amide bonds. The minimum Gasteiger partial charge on any atom is -0.496 e. The third kappa shape index (κ3) is 3.57. The maximum Gasteiger partial charge on any atom is 0.234 e. The molecule has 1 saturated heterocycles. The Morgan fingerprint density at radius 2 is 1.93 bits per heavy atom. The topological polar surface area (TPSA) is 29.5 Å². The van der Waals surface area contributed by atoms with Gasteiger partial charge in [0.15, 0.2) is 0 Å². The number of nitrogens with zero attached hydrogens (tertiary/aromatic N) is 1. The third-order valence-corrected chi connectivity index (χ3v) is 8.01. The molecule has 28 heavy (non-hydrogen) atoms. The molecule has 1 atom stereocenters. The number of hydrogen-bond donors (Lipinski definition) is 0. The largest absolute Gasteiger partial charge is 0.496 e. The normalized spacial score (nSPS) is 21.1. The number of halogens is 2. The zero-order chi connectivity index (χ0) is 19.7. The van der Waals surface area contributed by atoms with Crippen LogP contribution in [-0.4, -0.2) is 30.2 Å². The number of carbonyl (C=O) groups excluding carboxylic acids is 1. The molecule has 2 aromatic rings. The predicted molar refractivity (Wildman–Crippen MR) is 119 cm³/mol. The van der Waals surface area contributed by atoms with E-state index in [1.165, 1.54) is 0 Å². The van der Waals surface area contributed by atoms with Gasteiger partial charge in [-0.15, -0.1) is 11.8 Å². The highest BCUT2D eigenvalue weighted by molar-refractivity contribution is 9.10. The molecular weight excluding hydrogens is 458 g/mol. The van der Waals surface area contributed by atoms with Crippen molar-refractivity contribution in [2.24, 2.45) is 0 Å². The second kappa shape index (κ2) is 8.29. The molecule has 2 aromatic carbocycles. The van der Waals surface area contributed by atoms with Crippen LogP contribution in [0.15, 0.2) is 46.9 Å². The highest BCUT2D eigenvalue weighted by Gasteiger charge is 2.47. The van der Waals surface area contributed by atoms with Crippen LogP contribution in [0.5, 0.6) is 5.75 Å². The van der Waals surface area contributed by atoms with Crippen LogP contribution in [0.25, 0.3) is 0 Å². The van der Waals surface area contributed by atoms with E-state index >= 15 is 0 Å². The fraction of sp³-hybridized carbons (Fsp3) is 0.409. The van der Waals surface area contributed by atoms with Gasteiger partial charge in [0, 0.05) is 17.3 Å². The van der Waals surface area contributed by atoms with Crippen LogP contribution in [0.4, 0.5) is 0 Å². The van der Waals surface area contributed by atoms with Crippen LogP contribution in [0.2, 0.25) is 5.02 Å². The molecule has 3 nitrogen and oxygen atoms in total. The predicted octanol–water partition coefficient (Wildman–Crippen LogP) is 6.20. The fourth-order valence-corrected chi connectivity index (χ4v) is 6.37. The number of amides is 1. The minimum atomic E-state index is -0.419. The number of carbonyl (C=O) groups is 1. The maximum absolute atomic E-state index is 13.9. The van der Waals surface area contributed by atoms with Gasteiger partial charge < -0.3 is 9.64 Å². The molecule has 0 N–H and O–H groups in total. The lowest BCUT2D eigenvalue weighted by Gasteiger charge is -2.35. The number of ether oxygens (including phenoxy) is 1. The van der Waals surface area contributed by atoms with Gasteiger partial charge in [-0.05, 0) is 64.2 Å². The Morgan fingerprint density at radius 3 is 2.57 bits per heavy atom. The van der Waals surface area contributed by atoms with Gasteiger partial charge in [-0.25, -0.2) is 0 Å². The molecule has 2 aliphatic rings. The van der Waals surface area contributed by atoms with Gasteiger partial charge in [0.1, 0.15) is 11.1 Å². The van der Waals surface area contributed by atoms with Crippen LogP contribution < -0.4 is 4.74 Å². The summed E-state index contributed by atoms with van der Waals surface area (Å²) in [7, 11) is 1.66. The lowest BCUT2D eigenvalue weighted by atomic mass is 9.77. The molecule has 6 heteroatoms. The standard InChI is InChI=1S/C22H23BrClNO2S/c1-27-19-9-4-15(14-18(19)23)20-25(12-13-28-20)21(26)22(10-2-3-11-22)16-5-7-17(24)8-6-16/h4-9,14,20H,2-3,10-13H2,1H3. The van der Waals surface area contributed by atoms with Gasteiger partial charge >= 0.3 is 0 Å². The Morgan fingerprint density at radius 1 is 1.21 bits per heavy atom. The van der Waals surface area contributed by atoms with Crippen molar-refractivity contribution in [1.29, 1.82) is 0 Å². The Hall–Kier alpha value is -1.17. The van der Waals surface area contributed by atoms with E-state index in [-0.39, 0.29) is 11.3 Å². The van der Waals surface area contributed by atoms with Crippen LogP contribution in [0.1, 0.15) is 42.2 Å². The van der Waals surface area contributed by atoms with Crippen LogP contribution >= 0.6 is 39.3 Å². The molecule has 1 aliphatic heterocycles. The molecular formula is C22H23BrClNO2S. The van der Waals surface area contributed by atoms with Gasteiger partial charge in [-0.1, -0.05) is 42.6 Å². The SMILES string of the molecule is COc1ccc(C2SCCN2C(=O)C2(c3ccc(Cl)cc3)CCCC2)cc1Br. The van der Waals surface area contributed by atoms with E-state index in [1.807, 2.05) is 42.1 Å². The van der Waals surface area contributed by atoms with Crippen molar-refractivity contribution >= 4 is 45.2 Å². The molecule has 4 rings (SSSR count). The summed E-state index contributed by atoms with van der Waals surface area (Å²) in [6.07, 6.45) is 4.00. The fourth-order valence-electron chi connectivity index (χ4n) is 4.44. The molecule has 0 radical (unpaired) electrons. The van der Waals surface area contributed by atoms with E-state index in [2.05, 4.69) is 33.0 Å². The first kappa shape index (κ1) is 20.1. The first-order valence-corrected chi connectivity index (χ1v) is 11.8. The van der Waals surface area contributed by atoms with Crippen molar-refractivity contribution < 1.29 is 9.53 Å². The molecule has 0 bridgehead atoms. The zero-order valence-corrected chi connectivity index (χ0v) is 18.9. The second-order valence-corrected chi connectivity index (χ2v) is 9.89. The summed E-state index contributed by atoms with van der Waals surface area (Å²) >= 11 is 11.5. The molecule has 1 aliphatic carbocycles. The van der Waals surface area contributed by atoms with E-state index in [9.17, 15) is 4.79 Å². The minimum absolute atomic E-state index is 0.0412. The summed E-state index contributed by atoms with van der Waals surface area (Å²) in [6, 6.07) is 14.0. The summed E-state index contributed by atoms with van der Waals surface area (Å²) in [4.78, 5) is 16.0. The molecule has 1 heterocycles. The summed E-state index contributed by atoms with van der Waals surface area (Å²) in [5.74, 6) is 2.02. The van der Waals surface area contributed by atoms with E-state index in [0.29, 0.717) is 5.02 Å². The van der Waals surface area contributed by atoms with Gasteiger partial charge in [0.2, 0.25) is 5.91 Å². The molecule has 148 valence electrons. The third-order valence-electron chi connectivity index (χ3n) is 5.88. The molecule has 0 spiro atoms. The molecule has 1 unspecified atom stereocenters. The number of benzene rings is 2. The molecule has 1 saturated carbocycles. The summed E-state index contributed by atoms with van der Waals surface area (Å²) < 4.78 is 6.27. The lowest BCUT2D eigenvalue weighted by Crippen LogP contribution is -2.45. The van der Waals surface area contributed by atoms with Crippen molar-refractivity contribution in [3.8, 4) is 5.75 Å². The Labute approximate surface area is 183 Å². The van der Waals surface area contributed by atoms with Crippen molar-refractivity contribution in [3.63, 3.8) is 0 Å². The van der Waals surface area contributed by atoms with E-state index in [1.54, 1.807) is 7.11 Å². The summed E-state index contributed by atoms with van der Waals surface area (Å²) in [5, 5.41) is 0.751. The van der Waals surface area contributed by atoms with Crippen molar-refractivity contribution in [3.05, 3.63) is 63.1 Å². The lowest BCUT2D eigenvalue weighted by molar-refractivity contribution is -0.137. The van der Waals surface area contributed by atoms with Crippen LogP contribution in [-0.2, 0) is 10.2 Å². The van der Waals surface area contributed by atoms with Crippen molar-refractivity contribution in [1.82, 2.24) is 4.90 Å². The Balaban J connectivity index is 1.67. The molecule has 0 aromatic heterocycles. The van der Waals surface area contributed by atoms with Crippen molar-refractivity contribution in [2.75, 3.05) is 19.4 Å². The van der Waals surface area contributed by atoms with E-state index in [4.69, 9.17) is 16.3 Å². The smallest absolute Gasteiger partial charge is 0.234 e. The first-order valence-electron chi connectivity index (χ1n) is 9.57. The summed E-state index contributed by atoms with van der Waals surface area (Å²) in [6.45, 7) is 0.785. The highest BCUT2D eigenvalue weighted by Crippen LogP contribution is 2.48. The quantitative estimate of drug-likeness (QED) is 0.522. The number of hydrogen-bond acceptors (Lipinski definition) is 3. The summed E-state index contributed by atoms with van der Waals surface area (Å²) in [5.41, 5.74) is 1.82. The van der Waals surface area contributed by atoms with Crippen LogP contribution in [0.3, 0.4) is 0 Å².